The highest BCUT2D eigenvalue weighted by molar-refractivity contribution is 5.78. The van der Waals surface area contributed by atoms with Gasteiger partial charge in [0.05, 0.1) is 17.6 Å². The third kappa shape index (κ3) is 2.64. The van der Waals surface area contributed by atoms with Gasteiger partial charge < -0.3 is 10.7 Å². The second-order valence-electron chi connectivity index (χ2n) is 4.85. The second kappa shape index (κ2) is 5.40. The van der Waals surface area contributed by atoms with Gasteiger partial charge in [-0.25, -0.2) is 4.98 Å². The molecule has 0 atom stereocenters. The smallest absolute Gasteiger partial charge is 0.121 e. The van der Waals surface area contributed by atoms with Gasteiger partial charge in [-0.1, -0.05) is 13.8 Å². The van der Waals surface area contributed by atoms with Crippen LogP contribution in [0, 0.1) is 0 Å². The summed E-state index contributed by atoms with van der Waals surface area (Å²) in [6, 6.07) is 6.39. The predicted molar refractivity (Wildman–Crippen MR) is 76.3 cm³/mol. The van der Waals surface area contributed by atoms with Crippen molar-refractivity contribution in [2.24, 2.45) is 0 Å². The molecule has 0 amide bonds. The Bertz CT molecular complexity index is 513. The highest BCUT2D eigenvalue weighted by Crippen LogP contribution is 2.16. The summed E-state index contributed by atoms with van der Waals surface area (Å²) in [4.78, 5) is 10.3. The molecule has 1 heterocycles. The van der Waals surface area contributed by atoms with Crippen molar-refractivity contribution in [3.8, 4) is 0 Å². The third-order valence-corrected chi connectivity index (χ3v) is 3.52. The molecule has 18 heavy (non-hydrogen) atoms. The van der Waals surface area contributed by atoms with E-state index in [1.54, 1.807) is 0 Å². The van der Waals surface area contributed by atoms with Crippen molar-refractivity contribution < 1.29 is 0 Å². The minimum atomic E-state index is 0.614. The Morgan fingerprint density at radius 2 is 2.06 bits per heavy atom. The summed E-state index contributed by atoms with van der Waals surface area (Å²) < 4.78 is 0. The minimum Gasteiger partial charge on any atom is -0.399 e. The lowest BCUT2D eigenvalue weighted by molar-refractivity contribution is 0.217. The highest BCUT2D eigenvalue weighted by atomic mass is 15.1. The normalized spacial score (nSPS) is 11.8. The Labute approximate surface area is 108 Å². The van der Waals surface area contributed by atoms with Crippen LogP contribution in [-0.2, 0) is 6.54 Å². The first kappa shape index (κ1) is 12.9. The van der Waals surface area contributed by atoms with Gasteiger partial charge in [0, 0.05) is 11.7 Å². The zero-order chi connectivity index (χ0) is 13.1. The monoisotopic (exact) mass is 246 g/mol. The number of rotatable bonds is 5. The standard InChI is InChI=1S/C14H22N4/c1-4-11(5-2)18(3)9-14-16-12-7-6-10(15)8-13(12)17-14/h6-8,11H,4-5,9,15H2,1-3H3,(H,16,17). The predicted octanol–water partition coefficient (Wildman–Crippen LogP) is 2.77. The van der Waals surface area contributed by atoms with E-state index in [2.05, 4.69) is 35.8 Å². The van der Waals surface area contributed by atoms with Crippen molar-refractivity contribution in [2.45, 2.75) is 39.3 Å². The molecule has 3 N–H and O–H groups in total. The van der Waals surface area contributed by atoms with Crippen LogP contribution in [0.2, 0.25) is 0 Å². The molecular weight excluding hydrogens is 224 g/mol. The number of fused-ring (bicyclic) bond motifs is 1. The van der Waals surface area contributed by atoms with E-state index in [0.29, 0.717) is 6.04 Å². The van der Waals surface area contributed by atoms with Crippen LogP contribution in [0.25, 0.3) is 11.0 Å². The second-order valence-corrected chi connectivity index (χ2v) is 4.85. The van der Waals surface area contributed by atoms with E-state index < -0.39 is 0 Å². The molecule has 4 nitrogen and oxygen atoms in total. The summed E-state index contributed by atoms with van der Waals surface area (Å²) >= 11 is 0. The molecule has 0 radical (unpaired) electrons. The van der Waals surface area contributed by atoms with Crippen LogP contribution in [0.3, 0.4) is 0 Å². The fourth-order valence-corrected chi connectivity index (χ4v) is 2.43. The summed E-state index contributed by atoms with van der Waals surface area (Å²) in [6.07, 6.45) is 2.33. The number of aromatic nitrogens is 2. The van der Waals surface area contributed by atoms with E-state index in [0.717, 1.165) is 29.1 Å². The molecule has 2 aromatic rings. The van der Waals surface area contributed by atoms with E-state index in [1.165, 1.54) is 12.8 Å². The minimum absolute atomic E-state index is 0.614. The maximum absolute atomic E-state index is 5.77. The lowest BCUT2D eigenvalue weighted by Gasteiger charge is -2.24. The molecule has 0 unspecified atom stereocenters. The van der Waals surface area contributed by atoms with E-state index in [-0.39, 0.29) is 0 Å². The first-order chi connectivity index (χ1) is 8.63. The molecule has 0 aliphatic heterocycles. The number of imidazole rings is 1. The maximum atomic E-state index is 5.77. The van der Waals surface area contributed by atoms with Crippen LogP contribution >= 0.6 is 0 Å². The molecule has 1 aromatic carbocycles. The SMILES string of the molecule is CCC(CC)N(C)Cc1nc2ccc(N)cc2[nH]1. The van der Waals surface area contributed by atoms with Gasteiger partial charge in [-0.15, -0.1) is 0 Å². The van der Waals surface area contributed by atoms with E-state index in [1.807, 2.05) is 18.2 Å². The molecule has 4 heteroatoms. The van der Waals surface area contributed by atoms with Crippen molar-refractivity contribution in [3.05, 3.63) is 24.0 Å². The van der Waals surface area contributed by atoms with Crippen molar-refractivity contribution in [1.82, 2.24) is 14.9 Å². The zero-order valence-electron chi connectivity index (χ0n) is 11.4. The number of nitrogen functional groups attached to an aromatic ring is 1. The van der Waals surface area contributed by atoms with Crippen molar-refractivity contribution in [2.75, 3.05) is 12.8 Å². The molecule has 0 fully saturated rings. The number of nitrogens with zero attached hydrogens (tertiary/aromatic N) is 2. The van der Waals surface area contributed by atoms with Gasteiger partial charge in [0.15, 0.2) is 0 Å². The molecule has 0 aliphatic rings. The van der Waals surface area contributed by atoms with Crippen LogP contribution in [0.4, 0.5) is 5.69 Å². The van der Waals surface area contributed by atoms with Gasteiger partial charge in [-0.05, 0) is 38.1 Å². The van der Waals surface area contributed by atoms with Crippen LogP contribution in [-0.4, -0.2) is 28.0 Å². The number of hydrogen-bond donors (Lipinski definition) is 2. The van der Waals surface area contributed by atoms with E-state index in [9.17, 15) is 0 Å². The van der Waals surface area contributed by atoms with Gasteiger partial charge in [0.25, 0.3) is 0 Å². The van der Waals surface area contributed by atoms with Crippen LogP contribution < -0.4 is 5.73 Å². The Morgan fingerprint density at radius 1 is 1.33 bits per heavy atom. The van der Waals surface area contributed by atoms with E-state index >= 15 is 0 Å². The van der Waals surface area contributed by atoms with Crippen LogP contribution in [0.15, 0.2) is 18.2 Å². The van der Waals surface area contributed by atoms with Gasteiger partial charge >= 0.3 is 0 Å². The zero-order valence-corrected chi connectivity index (χ0v) is 11.4. The first-order valence-corrected chi connectivity index (χ1v) is 6.58. The molecule has 0 spiro atoms. The fraction of sp³-hybridized carbons (Fsp3) is 0.500. The lowest BCUT2D eigenvalue weighted by Crippen LogP contribution is -2.30. The molecule has 2 rings (SSSR count). The van der Waals surface area contributed by atoms with Gasteiger partial charge in [0.2, 0.25) is 0 Å². The molecule has 0 saturated heterocycles. The maximum Gasteiger partial charge on any atom is 0.121 e. The van der Waals surface area contributed by atoms with Crippen molar-refractivity contribution in [3.63, 3.8) is 0 Å². The van der Waals surface area contributed by atoms with Crippen LogP contribution in [0.1, 0.15) is 32.5 Å². The number of aromatic amines is 1. The summed E-state index contributed by atoms with van der Waals surface area (Å²) in [5.41, 5.74) is 8.54. The largest absolute Gasteiger partial charge is 0.399 e. The summed E-state index contributed by atoms with van der Waals surface area (Å²) in [7, 11) is 2.15. The molecule has 0 saturated carbocycles. The number of hydrogen-bond acceptors (Lipinski definition) is 3. The summed E-state index contributed by atoms with van der Waals surface area (Å²) in [5, 5.41) is 0. The van der Waals surface area contributed by atoms with E-state index in [4.69, 9.17) is 5.73 Å². The number of nitrogens with two attached hydrogens (primary N) is 1. The Hall–Kier alpha value is -1.55. The van der Waals surface area contributed by atoms with Crippen molar-refractivity contribution in [1.29, 1.82) is 0 Å². The average Bonchev–Trinajstić information content (AvgIpc) is 2.71. The molecule has 98 valence electrons. The Balaban J connectivity index is 2.16. The third-order valence-electron chi connectivity index (χ3n) is 3.52. The summed E-state index contributed by atoms with van der Waals surface area (Å²) in [6.45, 7) is 5.30. The highest BCUT2D eigenvalue weighted by Gasteiger charge is 2.12. The average molecular weight is 246 g/mol. The lowest BCUT2D eigenvalue weighted by atomic mass is 10.1. The van der Waals surface area contributed by atoms with Gasteiger partial charge in [-0.3, -0.25) is 4.90 Å². The topological polar surface area (TPSA) is 57.9 Å². The molecule has 0 aliphatic carbocycles. The number of benzene rings is 1. The molecular formula is C14H22N4. The quantitative estimate of drug-likeness (QED) is 0.798. The fourth-order valence-electron chi connectivity index (χ4n) is 2.43. The first-order valence-electron chi connectivity index (χ1n) is 6.58. The number of anilines is 1. The Kier molecular flexibility index (Phi) is 3.87. The van der Waals surface area contributed by atoms with Gasteiger partial charge in [0.1, 0.15) is 5.82 Å². The number of nitrogens with one attached hydrogen (secondary N) is 1. The number of H-pyrrole nitrogens is 1. The van der Waals surface area contributed by atoms with Gasteiger partial charge in [-0.2, -0.15) is 0 Å². The van der Waals surface area contributed by atoms with Crippen LogP contribution in [0.5, 0.6) is 0 Å². The van der Waals surface area contributed by atoms with Crippen molar-refractivity contribution >= 4 is 16.7 Å². The summed E-state index contributed by atoms with van der Waals surface area (Å²) in [5.74, 6) is 1.00. The molecule has 0 bridgehead atoms. The molecule has 1 aromatic heterocycles. The Morgan fingerprint density at radius 3 is 2.72 bits per heavy atom.